The van der Waals surface area contributed by atoms with Crippen molar-refractivity contribution in [2.24, 2.45) is 0 Å². The second-order valence-electron chi connectivity index (χ2n) is 7.24. The van der Waals surface area contributed by atoms with Crippen LogP contribution in [0.3, 0.4) is 0 Å². The van der Waals surface area contributed by atoms with Crippen LogP contribution in [0.5, 0.6) is 0 Å². The molecule has 0 unspecified atom stereocenters. The minimum absolute atomic E-state index is 0.0915. The van der Waals surface area contributed by atoms with Crippen LogP contribution < -0.4 is 5.43 Å². The highest BCUT2D eigenvalue weighted by Crippen LogP contribution is 2.11. The zero-order chi connectivity index (χ0) is 18.7. The maximum atomic E-state index is 12.5. The van der Waals surface area contributed by atoms with Crippen LogP contribution in [0.15, 0.2) is 30.3 Å². The Kier molecular flexibility index (Phi) is 9.03. The molecule has 0 aromatic heterocycles. The van der Waals surface area contributed by atoms with Crippen LogP contribution in [-0.4, -0.2) is 22.6 Å². The van der Waals surface area contributed by atoms with Gasteiger partial charge in [-0.1, -0.05) is 62.9 Å². The Bertz CT molecular complexity index is 523. The van der Waals surface area contributed by atoms with Crippen LogP contribution in [-0.2, 0) is 16.1 Å². The number of amides is 2. The second kappa shape index (κ2) is 10.7. The summed E-state index contributed by atoms with van der Waals surface area (Å²) in [6, 6.07) is 9.60. The van der Waals surface area contributed by atoms with Crippen molar-refractivity contribution >= 4 is 12.0 Å². The third-order valence-electron chi connectivity index (χ3n) is 3.60. The Morgan fingerprint density at radius 2 is 1.68 bits per heavy atom. The standard InChI is InChI=1S/C20H32N2O3/c1-5-6-7-8-12-15-18(23)22(16-17-13-10-9-11-14-17)21-19(24)25-20(2,3)4/h9-11,13-14H,5-8,12,15-16H2,1-4H3,(H,21,24). The first-order valence-corrected chi connectivity index (χ1v) is 9.15. The molecule has 25 heavy (non-hydrogen) atoms. The smallest absolute Gasteiger partial charge is 0.426 e. The van der Waals surface area contributed by atoms with E-state index in [1.807, 2.05) is 30.3 Å². The van der Waals surface area contributed by atoms with Gasteiger partial charge in [-0.2, -0.15) is 0 Å². The molecule has 0 spiro atoms. The molecule has 0 fully saturated rings. The molecule has 2 amide bonds. The number of benzene rings is 1. The average Bonchev–Trinajstić information content (AvgIpc) is 2.53. The van der Waals surface area contributed by atoms with Crippen LogP contribution in [0.4, 0.5) is 4.79 Å². The van der Waals surface area contributed by atoms with Crippen LogP contribution in [0.25, 0.3) is 0 Å². The molecule has 0 radical (unpaired) electrons. The minimum atomic E-state index is -0.609. The summed E-state index contributed by atoms with van der Waals surface area (Å²) in [5.74, 6) is -0.0915. The third-order valence-corrected chi connectivity index (χ3v) is 3.60. The van der Waals surface area contributed by atoms with Crippen LogP contribution in [0.2, 0.25) is 0 Å². The van der Waals surface area contributed by atoms with E-state index >= 15 is 0 Å². The predicted molar refractivity (Wildman–Crippen MR) is 99.7 cm³/mol. The van der Waals surface area contributed by atoms with Gasteiger partial charge in [-0.15, -0.1) is 0 Å². The van der Waals surface area contributed by atoms with Crippen molar-refractivity contribution in [2.45, 2.75) is 78.4 Å². The van der Waals surface area contributed by atoms with Gasteiger partial charge in [0.25, 0.3) is 0 Å². The summed E-state index contributed by atoms with van der Waals surface area (Å²) in [6.07, 6.45) is 5.19. The van der Waals surface area contributed by atoms with E-state index in [2.05, 4.69) is 12.3 Å². The minimum Gasteiger partial charge on any atom is -0.443 e. The highest BCUT2D eigenvalue weighted by Gasteiger charge is 2.21. The highest BCUT2D eigenvalue weighted by molar-refractivity contribution is 5.79. The summed E-state index contributed by atoms with van der Waals surface area (Å²) in [7, 11) is 0. The van der Waals surface area contributed by atoms with Gasteiger partial charge in [0.05, 0.1) is 6.54 Å². The third kappa shape index (κ3) is 9.75. The molecule has 0 aliphatic carbocycles. The topological polar surface area (TPSA) is 58.6 Å². The van der Waals surface area contributed by atoms with E-state index in [9.17, 15) is 9.59 Å². The summed E-state index contributed by atoms with van der Waals surface area (Å²) in [4.78, 5) is 24.6. The fraction of sp³-hybridized carbons (Fsp3) is 0.600. The van der Waals surface area contributed by atoms with Crippen molar-refractivity contribution < 1.29 is 14.3 Å². The van der Waals surface area contributed by atoms with E-state index in [4.69, 9.17) is 4.74 Å². The Balaban J connectivity index is 2.63. The summed E-state index contributed by atoms with van der Waals surface area (Å²) < 4.78 is 5.27. The number of hydrogen-bond acceptors (Lipinski definition) is 3. The molecule has 0 saturated carbocycles. The van der Waals surface area contributed by atoms with Crippen LogP contribution >= 0.6 is 0 Å². The largest absolute Gasteiger partial charge is 0.443 e. The molecule has 0 saturated heterocycles. The lowest BCUT2D eigenvalue weighted by atomic mass is 10.1. The van der Waals surface area contributed by atoms with Crippen LogP contribution in [0.1, 0.15) is 71.8 Å². The average molecular weight is 348 g/mol. The van der Waals surface area contributed by atoms with Gasteiger partial charge in [0, 0.05) is 6.42 Å². The first-order chi connectivity index (χ1) is 11.8. The Hall–Kier alpha value is -2.04. The van der Waals surface area contributed by atoms with Gasteiger partial charge in [0.15, 0.2) is 0 Å². The molecule has 5 heteroatoms. The Morgan fingerprint density at radius 1 is 1.04 bits per heavy atom. The Labute approximate surface area is 151 Å². The fourth-order valence-electron chi connectivity index (χ4n) is 2.38. The van der Waals surface area contributed by atoms with Gasteiger partial charge in [-0.25, -0.2) is 15.2 Å². The Morgan fingerprint density at radius 3 is 2.28 bits per heavy atom. The molecule has 1 aromatic carbocycles. The van der Waals surface area contributed by atoms with Gasteiger partial charge < -0.3 is 4.74 Å². The van der Waals surface area contributed by atoms with Crippen LogP contribution in [0, 0.1) is 0 Å². The van der Waals surface area contributed by atoms with Crippen molar-refractivity contribution in [3.8, 4) is 0 Å². The summed E-state index contributed by atoms with van der Waals surface area (Å²) in [5, 5.41) is 1.36. The SMILES string of the molecule is CCCCCCCC(=O)N(Cc1ccccc1)NC(=O)OC(C)(C)C. The monoisotopic (exact) mass is 348 g/mol. The van der Waals surface area contributed by atoms with E-state index in [-0.39, 0.29) is 5.91 Å². The maximum absolute atomic E-state index is 12.5. The molecule has 140 valence electrons. The maximum Gasteiger partial charge on any atom is 0.426 e. The lowest BCUT2D eigenvalue weighted by Crippen LogP contribution is -2.47. The molecule has 0 bridgehead atoms. The second-order valence-corrected chi connectivity index (χ2v) is 7.24. The van der Waals surface area contributed by atoms with Gasteiger partial charge in [0.1, 0.15) is 5.60 Å². The number of unbranched alkanes of at least 4 members (excludes halogenated alkanes) is 4. The lowest BCUT2D eigenvalue weighted by Gasteiger charge is -2.26. The number of carbonyl (C=O) groups is 2. The van der Waals surface area contributed by atoms with Crippen molar-refractivity contribution in [3.05, 3.63) is 35.9 Å². The zero-order valence-electron chi connectivity index (χ0n) is 16.0. The number of ether oxygens (including phenoxy) is 1. The van der Waals surface area contributed by atoms with Crippen molar-refractivity contribution in [1.29, 1.82) is 0 Å². The molecule has 1 aromatic rings. The van der Waals surface area contributed by atoms with Gasteiger partial charge in [-0.05, 0) is 32.8 Å². The first kappa shape index (κ1) is 21.0. The first-order valence-electron chi connectivity index (χ1n) is 9.15. The molecule has 0 atom stereocenters. The predicted octanol–water partition coefficient (Wildman–Crippen LogP) is 4.82. The molecule has 1 N–H and O–H groups in total. The zero-order valence-corrected chi connectivity index (χ0v) is 16.0. The molecule has 0 aliphatic heterocycles. The van der Waals surface area contributed by atoms with Crippen molar-refractivity contribution in [2.75, 3.05) is 0 Å². The molecular weight excluding hydrogens is 316 g/mol. The fourth-order valence-corrected chi connectivity index (χ4v) is 2.38. The molecule has 5 nitrogen and oxygen atoms in total. The van der Waals surface area contributed by atoms with Gasteiger partial charge in [0.2, 0.25) is 5.91 Å². The molecule has 0 heterocycles. The summed E-state index contributed by atoms with van der Waals surface area (Å²) in [5.41, 5.74) is 2.95. The number of carbonyl (C=O) groups excluding carboxylic acids is 2. The van der Waals surface area contributed by atoms with E-state index < -0.39 is 11.7 Å². The van der Waals surface area contributed by atoms with Gasteiger partial charge >= 0.3 is 6.09 Å². The number of nitrogens with one attached hydrogen (secondary N) is 1. The number of hydrazine groups is 1. The van der Waals surface area contributed by atoms with E-state index in [0.29, 0.717) is 13.0 Å². The molecular formula is C20H32N2O3. The lowest BCUT2D eigenvalue weighted by molar-refractivity contribution is -0.135. The molecule has 1 rings (SSSR count). The van der Waals surface area contributed by atoms with E-state index in [1.54, 1.807) is 20.8 Å². The van der Waals surface area contributed by atoms with Gasteiger partial charge in [-0.3, -0.25) is 4.79 Å². The summed E-state index contributed by atoms with van der Waals surface area (Å²) >= 11 is 0. The number of hydrogen-bond donors (Lipinski definition) is 1. The highest BCUT2D eigenvalue weighted by atomic mass is 16.6. The van der Waals surface area contributed by atoms with Crippen molar-refractivity contribution in [3.63, 3.8) is 0 Å². The normalized spacial score (nSPS) is 11.0. The number of nitrogens with zero attached hydrogens (tertiary/aromatic N) is 1. The van der Waals surface area contributed by atoms with E-state index in [0.717, 1.165) is 24.8 Å². The molecule has 0 aliphatic rings. The quantitative estimate of drug-likeness (QED) is 0.541. The number of rotatable bonds is 8. The van der Waals surface area contributed by atoms with E-state index in [1.165, 1.54) is 17.9 Å². The van der Waals surface area contributed by atoms with Crippen molar-refractivity contribution in [1.82, 2.24) is 10.4 Å². The summed E-state index contributed by atoms with van der Waals surface area (Å²) in [6.45, 7) is 7.88.